The molecular formula is C12H26N2O2S. The van der Waals surface area contributed by atoms with E-state index in [1.807, 2.05) is 7.05 Å². The zero-order valence-corrected chi connectivity index (χ0v) is 12.3. The Bertz CT molecular complexity index is 327. The van der Waals surface area contributed by atoms with Crippen LogP contribution in [0.2, 0.25) is 0 Å². The highest BCUT2D eigenvalue weighted by Crippen LogP contribution is 2.30. The Balaban J connectivity index is 2.30. The summed E-state index contributed by atoms with van der Waals surface area (Å²) in [5, 5.41) is 3.46. The van der Waals surface area contributed by atoms with E-state index in [1.54, 1.807) is 0 Å². The lowest BCUT2D eigenvalue weighted by Crippen LogP contribution is -2.50. The Kier molecular flexibility index (Phi) is 5.41. The summed E-state index contributed by atoms with van der Waals surface area (Å²) in [6.07, 6.45) is 3.76. The van der Waals surface area contributed by atoms with Gasteiger partial charge in [-0.1, -0.05) is 13.8 Å². The Morgan fingerprint density at radius 1 is 1.35 bits per heavy atom. The molecule has 2 unspecified atom stereocenters. The van der Waals surface area contributed by atoms with E-state index < -0.39 is 9.84 Å². The predicted molar refractivity (Wildman–Crippen MR) is 72.0 cm³/mol. The highest BCUT2D eigenvalue weighted by Gasteiger charge is 2.33. The van der Waals surface area contributed by atoms with E-state index in [4.69, 9.17) is 0 Å². The summed E-state index contributed by atoms with van der Waals surface area (Å²) >= 11 is 0. The topological polar surface area (TPSA) is 49.4 Å². The highest BCUT2D eigenvalue weighted by molar-refractivity contribution is 7.90. The predicted octanol–water partition coefficient (Wildman–Crippen LogP) is 0.739. The summed E-state index contributed by atoms with van der Waals surface area (Å²) in [4.78, 5) is 2.21. The molecule has 0 aromatic carbocycles. The summed E-state index contributed by atoms with van der Waals surface area (Å²) in [5.41, 5.74) is 0. The molecule has 1 fully saturated rings. The van der Waals surface area contributed by atoms with Crippen LogP contribution in [0.3, 0.4) is 0 Å². The molecule has 0 amide bonds. The molecule has 1 aliphatic rings. The molecule has 17 heavy (non-hydrogen) atoms. The molecular weight excluding hydrogens is 236 g/mol. The number of hydrogen-bond donors (Lipinski definition) is 1. The number of nitrogens with one attached hydrogen (secondary N) is 1. The minimum atomic E-state index is -2.84. The van der Waals surface area contributed by atoms with E-state index in [0.29, 0.717) is 24.5 Å². The van der Waals surface area contributed by atoms with E-state index in [-0.39, 0.29) is 5.75 Å². The van der Waals surface area contributed by atoms with Gasteiger partial charge in [-0.05, 0) is 32.4 Å². The molecule has 1 aliphatic carbocycles. The first kappa shape index (κ1) is 14.9. The molecule has 5 heteroatoms. The van der Waals surface area contributed by atoms with Crippen molar-refractivity contribution in [2.45, 2.75) is 38.8 Å². The first-order valence-corrected chi connectivity index (χ1v) is 8.47. The van der Waals surface area contributed by atoms with Gasteiger partial charge in [0.2, 0.25) is 0 Å². The van der Waals surface area contributed by atoms with Gasteiger partial charge in [0.05, 0.1) is 5.75 Å². The van der Waals surface area contributed by atoms with Crippen molar-refractivity contribution in [1.29, 1.82) is 0 Å². The fourth-order valence-electron chi connectivity index (χ4n) is 2.23. The van der Waals surface area contributed by atoms with Crippen LogP contribution in [0.1, 0.15) is 26.7 Å². The lowest BCUT2D eigenvalue weighted by molar-refractivity contribution is 0.0876. The third kappa shape index (κ3) is 5.36. The van der Waals surface area contributed by atoms with Crippen molar-refractivity contribution in [3.05, 3.63) is 0 Å². The quantitative estimate of drug-likeness (QED) is 0.735. The van der Waals surface area contributed by atoms with E-state index in [9.17, 15) is 8.42 Å². The second kappa shape index (κ2) is 6.16. The van der Waals surface area contributed by atoms with Crippen molar-refractivity contribution in [2.75, 3.05) is 32.1 Å². The van der Waals surface area contributed by atoms with Gasteiger partial charge in [-0.25, -0.2) is 8.42 Å². The van der Waals surface area contributed by atoms with Gasteiger partial charge in [0.25, 0.3) is 0 Å². The lowest BCUT2D eigenvalue weighted by Gasteiger charge is -2.43. The average molecular weight is 262 g/mol. The number of hydrogen-bond acceptors (Lipinski definition) is 4. The molecule has 1 saturated carbocycles. The minimum Gasteiger partial charge on any atom is -0.314 e. The van der Waals surface area contributed by atoms with E-state index in [1.165, 1.54) is 19.1 Å². The molecule has 4 nitrogen and oxygen atoms in total. The summed E-state index contributed by atoms with van der Waals surface area (Å²) in [6, 6.07) is 1.08. The van der Waals surface area contributed by atoms with Crippen molar-refractivity contribution in [1.82, 2.24) is 10.2 Å². The fraction of sp³-hybridized carbons (Fsp3) is 1.00. The van der Waals surface area contributed by atoms with Crippen molar-refractivity contribution in [2.24, 2.45) is 5.92 Å². The van der Waals surface area contributed by atoms with Gasteiger partial charge in [0.15, 0.2) is 0 Å². The standard InChI is InChI=1S/C12H26N2O2S/c1-10(2)13-9-11-5-6-12(11)14(3)7-8-17(4,15)16/h10-13H,5-9H2,1-4H3. The van der Waals surface area contributed by atoms with Crippen LogP contribution in [0.25, 0.3) is 0 Å². The molecule has 0 radical (unpaired) electrons. The molecule has 102 valence electrons. The number of nitrogens with zero attached hydrogens (tertiary/aromatic N) is 1. The molecule has 1 rings (SSSR count). The first-order chi connectivity index (χ1) is 7.79. The van der Waals surface area contributed by atoms with Crippen molar-refractivity contribution < 1.29 is 8.42 Å². The normalized spacial score (nSPS) is 25.3. The number of sulfone groups is 1. The van der Waals surface area contributed by atoms with Crippen LogP contribution in [-0.4, -0.2) is 57.5 Å². The third-order valence-electron chi connectivity index (χ3n) is 3.55. The van der Waals surface area contributed by atoms with Crippen LogP contribution >= 0.6 is 0 Å². The van der Waals surface area contributed by atoms with Crippen LogP contribution in [-0.2, 0) is 9.84 Å². The van der Waals surface area contributed by atoms with Gasteiger partial charge in [0, 0.05) is 24.9 Å². The number of rotatable bonds is 7. The van der Waals surface area contributed by atoms with Gasteiger partial charge in [-0.3, -0.25) is 0 Å². The summed E-state index contributed by atoms with van der Waals surface area (Å²) in [6.45, 7) is 6.01. The lowest BCUT2D eigenvalue weighted by atomic mass is 9.78. The minimum absolute atomic E-state index is 0.268. The largest absolute Gasteiger partial charge is 0.314 e. The zero-order chi connectivity index (χ0) is 13.1. The molecule has 0 heterocycles. The van der Waals surface area contributed by atoms with E-state index >= 15 is 0 Å². The van der Waals surface area contributed by atoms with Gasteiger partial charge >= 0.3 is 0 Å². The average Bonchev–Trinajstić information content (AvgIpc) is 2.11. The SMILES string of the molecule is CC(C)NCC1CCC1N(C)CCS(C)(=O)=O. The summed E-state index contributed by atoms with van der Waals surface area (Å²) in [5.74, 6) is 0.951. The second-order valence-corrected chi connectivity index (χ2v) is 7.84. The fourth-order valence-corrected chi connectivity index (χ4v) is 2.85. The van der Waals surface area contributed by atoms with E-state index in [0.717, 1.165) is 6.54 Å². The van der Waals surface area contributed by atoms with Crippen LogP contribution in [0.5, 0.6) is 0 Å². The maximum Gasteiger partial charge on any atom is 0.148 e. The molecule has 0 spiro atoms. The van der Waals surface area contributed by atoms with Crippen molar-refractivity contribution in [3.8, 4) is 0 Å². The molecule has 0 saturated heterocycles. The van der Waals surface area contributed by atoms with Crippen LogP contribution < -0.4 is 5.32 Å². The maximum atomic E-state index is 11.1. The second-order valence-electron chi connectivity index (χ2n) is 5.58. The van der Waals surface area contributed by atoms with Crippen LogP contribution in [0, 0.1) is 5.92 Å². The summed E-state index contributed by atoms with van der Waals surface area (Å²) < 4.78 is 22.2. The van der Waals surface area contributed by atoms with Gasteiger partial charge in [-0.15, -0.1) is 0 Å². The Labute approximate surface area is 106 Å². The Hall–Kier alpha value is -0.130. The molecule has 1 N–H and O–H groups in total. The van der Waals surface area contributed by atoms with Gasteiger partial charge < -0.3 is 10.2 Å². The monoisotopic (exact) mass is 262 g/mol. The first-order valence-electron chi connectivity index (χ1n) is 6.41. The maximum absolute atomic E-state index is 11.1. The summed E-state index contributed by atoms with van der Waals surface area (Å²) in [7, 11) is -0.798. The van der Waals surface area contributed by atoms with E-state index in [2.05, 4.69) is 24.1 Å². The molecule has 0 bridgehead atoms. The molecule has 0 aromatic rings. The van der Waals surface area contributed by atoms with Gasteiger partial charge in [-0.2, -0.15) is 0 Å². The van der Waals surface area contributed by atoms with Crippen LogP contribution in [0.4, 0.5) is 0 Å². The van der Waals surface area contributed by atoms with Gasteiger partial charge in [0.1, 0.15) is 9.84 Å². The third-order valence-corrected chi connectivity index (χ3v) is 4.47. The molecule has 0 aliphatic heterocycles. The molecule has 2 atom stereocenters. The smallest absolute Gasteiger partial charge is 0.148 e. The Morgan fingerprint density at radius 3 is 2.41 bits per heavy atom. The van der Waals surface area contributed by atoms with Crippen molar-refractivity contribution >= 4 is 9.84 Å². The Morgan fingerprint density at radius 2 is 2.00 bits per heavy atom. The van der Waals surface area contributed by atoms with Crippen molar-refractivity contribution in [3.63, 3.8) is 0 Å². The zero-order valence-electron chi connectivity index (χ0n) is 11.4. The molecule has 0 aromatic heterocycles. The van der Waals surface area contributed by atoms with Crippen LogP contribution in [0.15, 0.2) is 0 Å². The highest BCUT2D eigenvalue weighted by atomic mass is 32.2.